The molecule has 94 valence electrons. The minimum absolute atomic E-state index is 0.138. The first-order valence-electron chi connectivity index (χ1n) is 6.03. The smallest absolute Gasteiger partial charge is 0.242 e. The lowest BCUT2D eigenvalue weighted by atomic mass is 10.1. The van der Waals surface area contributed by atoms with Crippen LogP contribution in [-0.2, 0) is 4.79 Å². The first-order valence-corrected chi connectivity index (χ1v) is 6.03. The predicted octanol–water partition coefficient (Wildman–Crippen LogP) is 0.0933. The fraction of sp³-hybridized carbons (Fsp3) is 0.636. The molecule has 1 saturated heterocycles. The zero-order valence-electron chi connectivity index (χ0n) is 10.0. The van der Waals surface area contributed by atoms with Crippen LogP contribution in [0, 0.1) is 0 Å². The molecule has 6 heteroatoms. The number of nitrogens with zero attached hydrogens (tertiary/aromatic N) is 2. The summed E-state index contributed by atoms with van der Waals surface area (Å²) in [6.07, 6.45) is 3.30. The Morgan fingerprint density at radius 1 is 1.76 bits per heavy atom. The average molecular weight is 237 g/mol. The Labute approximate surface area is 101 Å². The van der Waals surface area contributed by atoms with Crippen LogP contribution in [0.1, 0.15) is 25.8 Å². The maximum Gasteiger partial charge on any atom is 0.242 e. The molecular formula is C11H19N5O. The summed E-state index contributed by atoms with van der Waals surface area (Å²) in [5, 5.41) is 10.2. The summed E-state index contributed by atoms with van der Waals surface area (Å²) in [5.74, 6) is 0.592. The third-order valence-corrected chi connectivity index (χ3v) is 2.96. The molecule has 0 aromatic carbocycles. The molecule has 0 saturated carbocycles. The summed E-state index contributed by atoms with van der Waals surface area (Å²) in [6.45, 7) is 3.80. The van der Waals surface area contributed by atoms with Crippen LogP contribution in [-0.4, -0.2) is 34.8 Å². The van der Waals surface area contributed by atoms with Crippen molar-refractivity contribution in [2.45, 2.75) is 31.8 Å². The minimum atomic E-state index is -0.442. The second-order valence-corrected chi connectivity index (χ2v) is 4.36. The quantitative estimate of drug-likeness (QED) is 0.677. The van der Waals surface area contributed by atoms with Gasteiger partial charge in [0, 0.05) is 19.2 Å². The second-order valence-electron chi connectivity index (χ2n) is 4.36. The fourth-order valence-corrected chi connectivity index (χ4v) is 1.81. The van der Waals surface area contributed by atoms with Crippen molar-refractivity contribution in [3.05, 3.63) is 12.3 Å². The van der Waals surface area contributed by atoms with Gasteiger partial charge in [0.05, 0.1) is 18.3 Å². The standard InChI is InChI=1S/C11H19N5O/c1-2-3-9(12)11(17)15-10-4-5-14-16(10)8-6-13-7-8/h4-5,8-9,13H,2-3,6-7,12H2,1H3,(H,15,17)/t9-/m1/s1. The molecule has 2 rings (SSSR count). The number of amides is 1. The van der Waals surface area contributed by atoms with Gasteiger partial charge in [-0.25, -0.2) is 4.68 Å². The number of carbonyl (C=O) groups is 1. The van der Waals surface area contributed by atoms with Gasteiger partial charge in [0.15, 0.2) is 0 Å². The molecule has 1 fully saturated rings. The molecule has 2 heterocycles. The zero-order chi connectivity index (χ0) is 12.3. The number of nitrogens with one attached hydrogen (secondary N) is 2. The van der Waals surface area contributed by atoms with Crippen molar-refractivity contribution in [2.24, 2.45) is 5.73 Å². The monoisotopic (exact) mass is 237 g/mol. The highest BCUT2D eigenvalue weighted by atomic mass is 16.2. The lowest BCUT2D eigenvalue weighted by Crippen LogP contribution is -2.44. The minimum Gasteiger partial charge on any atom is -0.320 e. The normalized spacial score (nSPS) is 17.5. The van der Waals surface area contributed by atoms with Crippen molar-refractivity contribution in [1.82, 2.24) is 15.1 Å². The Morgan fingerprint density at radius 3 is 3.12 bits per heavy atom. The molecule has 1 aliphatic rings. The highest BCUT2D eigenvalue weighted by Gasteiger charge is 2.23. The van der Waals surface area contributed by atoms with Crippen molar-refractivity contribution in [2.75, 3.05) is 18.4 Å². The molecule has 0 spiro atoms. The highest BCUT2D eigenvalue weighted by molar-refractivity contribution is 5.93. The van der Waals surface area contributed by atoms with Crippen LogP contribution >= 0.6 is 0 Å². The van der Waals surface area contributed by atoms with Gasteiger partial charge in [-0.15, -0.1) is 0 Å². The van der Waals surface area contributed by atoms with E-state index in [2.05, 4.69) is 15.7 Å². The lowest BCUT2D eigenvalue weighted by molar-refractivity contribution is -0.117. The summed E-state index contributed by atoms with van der Waals surface area (Å²) >= 11 is 0. The Hall–Kier alpha value is -1.40. The Balaban J connectivity index is 1.98. The van der Waals surface area contributed by atoms with Gasteiger partial charge in [-0.3, -0.25) is 4.79 Å². The van der Waals surface area contributed by atoms with Gasteiger partial charge in [0.2, 0.25) is 5.91 Å². The topological polar surface area (TPSA) is 85.0 Å². The average Bonchev–Trinajstić information content (AvgIpc) is 2.64. The van der Waals surface area contributed by atoms with E-state index in [1.165, 1.54) is 0 Å². The molecule has 4 N–H and O–H groups in total. The van der Waals surface area contributed by atoms with Gasteiger partial charge in [-0.1, -0.05) is 13.3 Å². The molecular weight excluding hydrogens is 218 g/mol. The third kappa shape index (κ3) is 2.65. The van der Waals surface area contributed by atoms with E-state index in [9.17, 15) is 4.79 Å². The summed E-state index contributed by atoms with van der Waals surface area (Å²) in [5.41, 5.74) is 5.76. The van der Waals surface area contributed by atoms with E-state index in [-0.39, 0.29) is 5.91 Å². The van der Waals surface area contributed by atoms with Crippen LogP contribution in [0.25, 0.3) is 0 Å². The molecule has 1 aromatic heterocycles. The van der Waals surface area contributed by atoms with Crippen LogP contribution in [0.2, 0.25) is 0 Å². The summed E-state index contributed by atoms with van der Waals surface area (Å²) in [4.78, 5) is 11.8. The second kappa shape index (κ2) is 5.29. The van der Waals surface area contributed by atoms with Crippen molar-refractivity contribution in [3.8, 4) is 0 Å². The van der Waals surface area contributed by atoms with Crippen LogP contribution in [0.3, 0.4) is 0 Å². The van der Waals surface area contributed by atoms with Crippen LogP contribution in [0.15, 0.2) is 12.3 Å². The Morgan fingerprint density at radius 2 is 2.53 bits per heavy atom. The molecule has 1 atom stereocenters. The number of anilines is 1. The molecule has 17 heavy (non-hydrogen) atoms. The number of hydrogen-bond donors (Lipinski definition) is 3. The number of carbonyl (C=O) groups excluding carboxylic acids is 1. The van der Waals surface area contributed by atoms with Gasteiger partial charge in [0.1, 0.15) is 5.82 Å². The van der Waals surface area contributed by atoms with E-state index in [1.54, 1.807) is 12.3 Å². The molecule has 0 unspecified atom stereocenters. The van der Waals surface area contributed by atoms with Crippen molar-refractivity contribution in [1.29, 1.82) is 0 Å². The van der Waals surface area contributed by atoms with Gasteiger partial charge in [0.25, 0.3) is 0 Å². The largest absolute Gasteiger partial charge is 0.320 e. The Bertz CT molecular complexity index is 385. The van der Waals surface area contributed by atoms with Crippen molar-refractivity contribution in [3.63, 3.8) is 0 Å². The third-order valence-electron chi connectivity index (χ3n) is 2.96. The zero-order valence-corrected chi connectivity index (χ0v) is 10.0. The van der Waals surface area contributed by atoms with E-state index >= 15 is 0 Å². The van der Waals surface area contributed by atoms with E-state index in [1.807, 2.05) is 11.6 Å². The van der Waals surface area contributed by atoms with Gasteiger partial charge in [-0.2, -0.15) is 5.10 Å². The number of hydrogen-bond acceptors (Lipinski definition) is 4. The van der Waals surface area contributed by atoms with Gasteiger partial charge in [-0.05, 0) is 6.42 Å². The maximum absolute atomic E-state index is 11.8. The van der Waals surface area contributed by atoms with Crippen LogP contribution in [0.5, 0.6) is 0 Å². The summed E-state index contributed by atoms with van der Waals surface area (Å²) in [6, 6.07) is 1.69. The molecule has 0 bridgehead atoms. The van der Waals surface area contributed by atoms with E-state index < -0.39 is 6.04 Å². The van der Waals surface area contributed by atoms with Gasteiger partial charge < -0.3 is 16.4 Å². The summed E-state index contributed by atoms with van der Waals surface area (Å²) in [7, 11) is 0. The molecule has 1 aliphatic heterocycles. The lowest BCUT2D eigenvalue weighted by Gasteiger charge is -2.28. The molecule has 6 nitrogen and oxygen atoms in total. The first-order chi connectivity index (χ1) is 8.22. The highest BCUT2D eigenvalue weighted by Crippen LogP contribution is 2.17. The first kappa shape index (κ1) is 12.1. The summed E-state index contributed by atoms with van der Waals surface area (Å²) < 4.78 is 1.84. The fourth-order valence-electron chi connectivity index (χ4n) is 1.81. The maximum atomic E-state index is 11.8. The SMILES string of the molecule is CCC[C@@H](N)C(=O)Nc1ccnn1C1CNC1. The number of rotatable bonds is 5. The van der Waals surface area contributed by atoms with E-state index in [0.717, 1.165) is 25.3 Å². The Kier molecular flexibility index (Phi) is 3.75. The van der Waals surface area contributed by atoms with Crippen molar-refractivity contribution >= 4 is 11.7 Å². The van der Waals surface area contributed by atoms with Crippen LogP contribution < -0.4 is 16.4 Å². The predicted molar refractivity (Wildman–Crippen MR) is 65.6 cm³/mol. The number of aromatic nitrogens is 2. The van der Waals surface area contributed by atoms with E-state index in [0.29, 0.717) is 12.5 Å². The molecule has 1 aromatic rings. The molecule has 0 radical (unpaired) electrons. The molecule has 1 amide bonds. The van der Waals surface area contributed by atoms with E-state index in [4.69, 9.17) is 5.73 Å². The molecule has 0 aliphatic carbocycles. The van der Waals surface area contributed by atoms with Gasteiger partial charge >= 0.3 is 0 Å². The van der Waals surface area contributed by atoms with Crippen LogP contribution in [0.4, 0.5) is 5.82 Å². The van der Waals surface area contributed by atoms with Crippen molar-refractivity contribution < 1.29 is 4.79 Å². The number of nitrogens with two attached hydrogens (primary N) is 1.